The van der Waals surface area contributed by atoms with Gasteiger partial charge in [0.05, 0.1) is 19.8 Å². The van der Waals surface area contributed by atoms with Gasteiger partial charge in [-0.1, -0.05) is 11.8 Å². The third kappa shape index (κ3) is 4.19. The van der Waals surface area contributed by atoms with E-state index in [0.717, 1.165) is 13.1 Å². The van der Waals surface area contributed by atoms with Gasteiger partial charge in [-0.15, -0.1) is 0 Å². The van der Waals surface area contributed by atoms with Gasteiger partial charge >= 0.3 is 0 Å². The van der Waals surface area contributed by atoms with Gasteiger partial charge in [-0.25, -0.2) is 0 Å². The highest BCUT2D eigenvalue weighted by atomic mass is 32.2. The molecule has 7 nitrogen and oxygen atoms in total. The Morgan fingerprint density at radius 2 is 2.30 bits per heavy atom. The van der Waals surface area contributed by atoms with E-state index in [9.17, 15) is 9.59 Å². The number of carbonyl (C=O) groups excluding carboxylic acids is 2. The molecule has 1 fully saturated rings. The molecule has 8 heteroatoms. The number of amidine groups is 1. The first kappa shape index (κ1) is 15.3. The largest absolute Gasteiger partial charge is 0.383 e. The number of aliphatic imine (C=N–C) groups is 1. The Hall–Kier alpha value is -1.12. The van der Waals surface area contributed by atoms with Gasteiger partial charge in [0.1, 0.15) is 5.25 Å². The van der Waals surface area contributed by atoms with Crippen molar-refractivity contribution in [3.8, 4) is 0 Å². The molecule has 1 atom stereocenters. The number of morpholine rings is 1. The highest BCUT2D eigenvalue weighted by Gasteiger charge is 2.33. The summed E-state index contributed by atoms with van der Waals surface area (Å²) in [7, 11) is 1.57. The lowest BCUT2D eigenvalue weighted by Crippen LogP contribution is -2.39. The van der Waals surface area contributed by atoms with Gasteiger partial charge in [-0.3, -0.25) is 9.59 Å². The van der Waals surface area contributed by atoms with Crippen LogP contribution in [0, 0.1) is 0 Å². The number of carbonyl (C=O) groups is 2. The minimum absolute atomic E-state index is 0.147. The van der Waals surface area contributed by atoms with Gasteiger partial charge in [0.2, 0.25) is 5.91 Å². The number of hydrogen-bond donors (Lipinski definition) is 1. The van der Waals surface area contributed by atoms with Crippen molar-refractivity contribution in [2.75, 3.05) is 46.6 Å². The van der Waals surface area contributed by atoms with Crippen LogP contribution < -0.4 is 5.32 Å². The first-order valence-electron chi connectivity index (χ1n) is 6.58. The molecule has 0 bridgehead atoms. The number of methoxy groups -OCH3 is 1. The predicted molar refractivity (Wildman–Crippen MR) is 75.7 cm³/mol. The van der Waals surface area contributed by atoms with Crippen LogP contribution in [0.25, 0.3) is 0 Å². The quantitative estimate of drug-likeness (QED) is 0.688. The molecule has 2 rings (SSSR count). The fourth-order valence-electron chi connectivity index (χ4n) is 1.93. The second-order valence-electron chi connectivity index (χ2n) is 4.49. The van der Waals surface area contributed by atoms with Crippen molar-refractivity contribution in [1.29, 1.82) is 0 Å². The summed E-state index contributed by atoms with van der Waals surface area (Å²) < 4.78 is 10.1. The maximum atomic E-state index is 11.8. The molecule has 0 radical (unpaired) electrons. The molecule has 0 aromatic carbocycles. The molecule has 1 unspecified atom stereocenters. The summed E-state index contributed by atoms with van der Waals surface area (Å²) in [5, 5.41) is 3.02. The molecule has 1 saturated heterocycles. The Morgan fingerprint density at radius 1 is 1.55 bits per heavy atom. The number of nitrogens with zero attached hydrogens (tertiary/aromatic N) is 2. The zero-order valence-corrected chi connectivity index (χ0v) is 12.3. The van der Waals surface area contributed by atoms with Crippen LogP contribution in [0.15, 0.2) is 4.99 Å². The van der Waals surface area contributed by atoms with E-state index in [1.165, 1.54) is 11.8 Å². The van der Waals surface area contributed by atoms with Crippen molar-refractivity contribution in [3.05, 3.63) is 0 Å². The fraction of sp³-hybridized carbons (Fsp3) is 0.750. The van der Waals surface area contributed by atoms with Crippen molar-refractivity contribution in [3.63, 3.8) is 0 Å². The van der Waals surface area contributed by atoms with E-state index in [2.05, 4.69) is 10.3 Å². The number of thioether (sulfide) groups is 1. The average molecular weight is 301 g/mol. The molecule has 2 aliphatic rings. The maximum Gasteiger partial charge on any atom is 0.262 e. The molecule has 1 N–H and O–H groups in total. The Morgan fingerprint density at radius 3 is 3.00 bits per heavy atom. The van der Waals surface area contributed by atoms with Gasteiger partial charge in [0, 0.05) is 33.2 Å². The monoisotopic (exact) mass is 301 g/mol. The number of hydrogen-bond acceptors (Lipinski definition) is 6. The van der Waals surface area contributed by atoms with Crippen molar-refractivity contribution < 1.29 is 19.1 Å². The van der Waals surface area contributed by atoms with Gasteiger partial charge in [-0.05, 0) is 0 Å². The lowest BCUT2D eigenvalue weighted by atomic mass is 10.3. The number of amides is 2. The van der Waals surface area contributed by atoms with Crippen molar-refractivity contribution in [1.82, 2.24) is 10.2 Å². The Kier molecular flexibility index (Phi) is 5.81. The average Bonchev–Trinajstić information content (AvgIpc) is 2.81. The van der Waals surface area contributed by atoms with Gasteiger partial charge in [0.25, 0.3) is 5.91 Å². The molecule has 0 spiro atoms. The lowest BCUT2D eigenvalue weighted by Gasteiger charge is -2.27. The molecule has 0 aromatic rings. The van der Waals surface area contributed by atoms with E-state index in [-0.39, 0.29) is 18.2 Å². The fourth-order valence-corrected chi connectivity index (χ4v) is 3.05. The summed E-state index contributed by atoms with van der Waals surface area (Å²) >= 11 is 1.37. The minimum atomic E-state index is -0.407. The standard InChI is InChI=1S/C12H19N3O4S/c1-18-5-2-13-10(16)8-9-11(17)14-12(20-9)15-3-6-19-7-4-15/h9H,2-8H2,1H3,(H,13,16). The molecule has 2 heterocycles. The summed E-state index contributed by atoms with van der Waals surface area (Å²) in [4.78, 5) is 29.6. The summed E-state index contributed by atoms with van der Waals surface area (Å²) in [6.45, 7) is 3.70. The van der Waals surface area contributed by atoms with E-state index >= 15 is 0 Å². The van der Waals surface area contributed by atoms with Gasteiger partial charge in [0.15, 0.2) is 5.17 Å². The molecular weight excluding hydrogens is 282 g/mol. The van der Waals surface area contributed by atoms with Crippen molar-refractivity contribution in [2.24, 2.45) is 4.99 Å². The second-order valence-corrected chi connectivity index (χ2v) is 5.66. The topological polar surface area (TPSA) is 80.2 Å². The molecule has 0 aromatic heterocycles. The van der Waals surface area contributed by atoms with Crippen LogP contribution in [-0.4, -0.2) is 73.7 Å². The molecule has 2 aliphatic heterocycles. The molecular formula is C12H19N3O4S. The Labute approximate surface area is 122 Å². The normalized spacial score (nSPS) is 22.9. The molecule has 0 saturated carbocycles. The predicted octanol–water partition coefficient (Wildman–Crippen LogP) is -0.531. The van der Waals surface area contributed by atoms with Crippen LogP contribution in [0.1, 0.15) is 6.42 Å². The smallest absolute Gasteiger partial charge is 0.262 e. The van der Waals surface area contributed by atoms with Crippen molar-refractivity contribution in [2.45, 2.75) is 11.7 Å². The first-order chi connectivity index (χ1) is 9.70. The lowest BCUT2D eigenvalue weighted by molar-refractivity contribution is -0.124. The van der Waals surface area contributed by atoms with Crippen LogP contribution in [0.5, 0.6) is 0 Å². The summed E-state index contributed by atoms with van der Waals surface area (Å²) in [6, 6.07) is 0. The SMILES string of the molecule is COCCNC(=O)CC1SC(N2CCOCC2)=NC1=O. The number of ether oxygens (including phenoxy) is 2. The number of nitrogens with one attached hydrogen (secondary N) is 1. The zero-order valence-electron chi connectivity index (χ0n) is 11.5. The van der Waals surface area contributed by atoms with Crippen LogP contribution in [0.4, 0.5) is 0 Å². The molecule has 0 aliphatic carbocycles. The summed E-state index contributed by atoms with van der Waals surface area (Å²) in [5.74, 6) is -0.371. The Bertz CT molecular complexity index is 396. The molecule has 2 amide bonds. The van der Waals surface area contributed by atoms with Crippen molar-refractivity contribution >= 4 is 28.7 Å². The van der Waals surface area contributed by atoms with Crippen LogP contribution in [0.2, 0.25) is 0 Å². The zero-order chi connectivity index (χ0) is 14.4. The van der Waals surface area contributed by atoms with Gasteiger partial charge in [-0.2, -0.15) is 4.99 Å². The highest BCUT2D eigenvalue weighted by molar-refractivity contribution is 8.15. The van der Waals surface area contributed by atoms with Gasteiger partial charge < -0.3 is 19.7 Å². The highest BCUT2D eigenvalue weighted by Crippen LogP contribution is 2.27. The molecule has 112 valence electrons. The molecule has 20 heavy (non-hydrogen) atoms. The Balaban J connectivity index is 1.78. The number of rotatable bonds is 5. The van der Waals surface area contributed by atoms with Crippen LogP contribution in [0.3, 0.4) is 0 Å². The van der Waals surface area contributed by atoms with E-state index < -0.39 is 5.25 Å². The summed E-state index contributed by atoms with van der Waals surface area (Å²) in [5.41, 5.74) is 0. The third-order valence-electron chi connectivity index (χ3n) is 3.01. The van der Waals surface area contributed by atoms with E-state index in [1.807, 2.05) is 4.90 Å². The first-order valence-corrected chi connectivity index (χ1v) is 7.46. The minimum Gasteiger partial charge on any atom is -0.383 e. The van der Waals surface area contributed by atoms with Crippen LogP contribution >= 0.6 is 11.8 Å². The van der Waals surface area contributed by atoms with E-state index in [4.69, 9.17) is 9.47 Å². The second kappa shape index (κ2) is 7.61. The van der Waals surface area contributed by atoms with E-state index in [1.54, 1.807) is 7.11 Å². The summed E-state index contributed by atoms with van der Waals surface area (Å²) in [6.07, 6.45) is 0.157. The van der Waals surface area contributed by atoms with E-state index in [0.29, 0.717) is 31.5 Å². The maximum absolute atomic E-state index is 11.8. The third-order valence-corrected chi connectivity index (χ3v) is 4.22. The van der Waals surface area contributed by atoms with Crippen LogP contribution in [-0.2, 0) is 19.1 Å².